The lowest BCUT2D eigenvalue weighted by Gasteiger charge is -2.34. The fourth-order valence-corrected chi connectivity index (χ4v) is 2.26. The summed E-state index contributed by atoms with van der Waals surface area (Å²) in [5, 5.41) is 0. The second kappa shape index (κ2) is 7.12. The number of hydrogen-bond acceptors (Lipinski definition) is 3. The summed E-state index contributed by atoms with van der Waals surface area (Å²) in [7, 11) is 0. The molecule has 4 heteroatoms. The molecule has 1 aliphatic rings. The van der Waals surface area contributed by atoms with Crippen LogP contribution in [0.3, 0.4) is 0 Å². The van der Waals surface area contributed by atoms with Crippen LogP contribution in [-0.2, 0) is 4.79 Å². The van der Waals surface area contributed by atoms with Gasteiger partial charge in [-0.3, -0.25) is 9.69 Å². The summed E-state index contributed by atoms with van der Waals surface area (Å²) >= 11 is 1.74. The van der Waals surface area contributed by atoms with Crippen molar-refractivity contribution in [2.75, 3.05) is 44.7 Å². The first-order valence-electron chi connectivity index (χ1n) is 5.77. The molecule has 1 saturated heterocycles. The van der Waals surface area contributed by atoms with E-state index in [0.717, 1.165) is 31.9 Å². The van der Waals surface area contributed by atoms with Gasteiger partial charge in [0.25, 0.3) is 0 Å². The van der Waals surface area contributed by atoms with Gasteiger partial charge in [0.15, 0.2) is 0 Å². The van der Waals surface area contributed by atoms with E-state index in [-0.39, 0.29) is 0 Å². The van der Waals surface area contributed by atoms with E-state index in [1.807, 2.05) is 11.2 Å². The van der Waals surface area contributed by atoms with Gasteiger partial charge in [-0.2, -0.15) is 11.8 Å². The lowest BCUT2D eigenvalue weighted by atomic mass is 10.2. The van der Waals surface area contributed by atoms with Crippen molar-refractivity contribution in [3.05, 3.63) is 0 Å². The topological polar surface area (TPSA) is 23.6 Å². The highest BCUT2D eigenvalue weighted by atomic mass is 32.2. The smallest absolute Gasteiger partial charge is 0.223 e. The molecule has 0 aromatic rings. The van der Waals surface area contributed by atoms with Crippen molar-refractivity contribution in [2.45, 2.75) is 19.8 Å². The van der Waals surface area contributed by atoms with Gasteiger partial charge < -0.3 is 4.90 Å². The van der Waals surface area contributed by atoms with Gasteiger partial charge in [-0.05, 0) is 19.2 Å². The van der Waals surface area contributed by atoms with E-state index >= 15 is 0 Å². The molecule has 1 aliphatic heterocycles. The molecule has 88 valence electrons. The molecule has 1 fully saturated rings. The van der Waals surface area contributed by atoms with Crippen LogP contribution in [0, 0.1) is 0 Å². The van der Waals surface area contributed by atoms with Gasteiger partial charge in [0.05, 0.1) is 0 Å². The average molecular weight is 230 g/mol. The van der Waals surface area contributed by atoms with Gasteiger partial charge in [0.1, 0.15) is 0 Å². The molecule has 0 N–H and O–H groups in total. The molecule has 3 nitrogen and oxygen atoms in total. The summed E-state index contributed by atoms with van der Waals surface area (Å²) in [5.74, 6) is 1.29. The minimum absolute atomic E-state index is 0.334. The zero-order valence-electron chi connectivity index (χ0n) is 9.87. The summed E-state index contributed by atoms with van der Waals surface area (Å²) in [4.78, 5) is 16.2. The van der Waals surface area contributed by atoms with Crippen LogP contribution in [-0.4, -0.2) is 60.4 Å². The molecule has 0 radical (unpaired) electrons. The van der Waals surface area contributed by atoms with Gasteiger partial charge >= 0.3 is 0 Å². The second-order valence-electron chi connectivity index (χ2n) is 3.97. The van der Waals surface area contributed by atoms with Crippen molar-refractivity contribution in [3.8, 4) is 0 Å². The minimum atomic E-state index is 0.334. The maximum Gasteiger partial charge on any atom is 0.223 e. The van der Waals surface area contributed by atoms with E-state index in [2.05, 4.69) is 11.8 Å². The molecule has 0 bridgehead atoms. The number of carbonyl (C=O) groups is 1. The number of nitrogens with zero attached hydrogens (tertiary/aromatic N) is 2. The third-order valence-corrected chi connectivity index (χ3v) is 3.40. The molecule has 0 saturated carbocycles. The maximum absolute atomic E-state index is 11.7. The number of hydrogen-bond donors (Lipinski definition) is 0. The lowest BCUT2D eigenvalue weighted by Crippen LogP contribution is -2.48. The van der Waals surface area contributed by atoms with Crippen molar-refractivity contribution in [1.29, 1.82) is 0 Å². The normalized spacial score (nSPS) is 18.1. The van der Waals surface area contributed by atoms with Crippen molar-refractivity contribution >= 4 is 17.7 Å². The standard InChI is InChI=1S/C11H22N2OS/c1-3-5-12-6-8-13(9-7-12)11(14)4-10-15-2/h3-10H2,1-2H3. The predicted molar refractivity (Wildman–Crippen MR) is 66.3 cm³/mol. The Hall–Kier alpha value is -0.220. The summed E-state index contributed by atoms with van der Waals surface area (Å²) in [5.41, 5.74) is 0. The summed E-state index contributed by atoms with van der Waals surface area (Å²) in [6.07, 6.45) is 3.96. The van der Waals surface area contributed by atoms with Crippen molar-refractivity contribution in [1.82, 2.24) is 9.80 Å². The first-order valence-corrected chi connectivity index (χ1v) is 7.16. The highest BCUT2D eigenvalue weighted by Gasteiger charge is 2.19. The minimum Gasteiger partial charge on any atom is -0.340 e. The van der Waals surface area contributed by atoms with E-state index in [1.54, 1.807) is 11.8 Å². The number of amides is 1. The Morgan fingerprint density at radius 1 is 1.27 bits per heavy atom. The zero-order valence-corrected chi connectivity index (χ0v) is 10.7. The fourth-order valence-electron chi connectivity index (χ4n) is 1.88. The Morgan fingerprint density at radius 3 is 2.47 bits per heavy atom. The molecule has 0 aliphatic carbocycles. The molecular weight excluding hydrogens is 208 g/mol. The van der Waals surface area contributed by atoms with Crippen LogP contribution in [0.1, 0.15) is 19.8 Å². The molecule has 0 aromatic heterocycles. The third kappa shape index (κ3) is 4.43. The first kappa shape index (κ1) is 12.8. The number of rotatable bonds is 5. The number of piperazine rings is 1. The first-order chi connectivity index (χ1) is 7.27. The van der Waals surface area contributed by atoms with Gasteiger partial charge in [-0.1, -0.05) is 6.92 Å². The quantitative estimate of drug-likeness (QED) is 0.711. The Labute approximate surface area is 97.2 Å². The van der Waals surface area contributed by atoms with Crippen LogP contribution in [0.2, 0.25) is 0 Å². The average Bonchev–Trinajstić information content (AvgIpc) is 2.27. The van der Waals surface area contributed by atoms with E-state index in [9.17, 15) is 4.79 Å². The molecule has 0 atom stereocenters. The van der Waals surface area contributed by atoms with Crippen LogP contribution in [0.4, 0.5) is 0 Å². The Morgan fingerprint density at radius 2 is 1.93 bits per heavy atom. The van der Waals surface area contributed by atoms with Gasteiger partial charge in [-0.15, -0.1) is 0 Å². The molecule has 1 heterocycles. The molecular formula is C11H22N2OS. The van der Waals surface area contributed by atoms with E-state index < -0.39 is 0 Å². The fraction of sp³-hybridized carbons (Fsp3) is 0.909. The molecule has 15 heavy (non-hydrogen) atoms. The SMILES string of the molecule is CCCN1CCN(C(=O)CCSC)CC1. The second-order valence-corrected chi connectivity index (χ2v) is 4.95. The molecule has 0 unspecified atom stereocenters. The van der Waals surface area contributed by atoms with Crippen LogP contribution in [0.15, 0.2) is 0 Å². The van der Waals surface area contributed by atoms with Crippen LogP contribution in [0.5, 0.6) is 0 Å². The number of thioether (sulfide) groups is 1. The molecule has 1 rings (SSSR count). The monoisotopic (exact) mass is 230 g/mol. The Kier molecular flexibility index (Phi) is 6.10. The Balaban J connectivity index is 2.21. The third-order valence-electron chi connectivity index (χ3n) is 2.78. The molecule has 1 amide bonds. The van der Waals surface area contributed by atoms with Gasteiger partial charge in [0, 0.05) is 38.4 Å². The van der Waals surface area contributed by atoms with Crippen molar-refractivity contribution in [2.24, 2.45) is 0 Å². The van der Waals surface area contributed by atoms with Crippen LogP contribution in [0.25, 0.3) is 0 Å². The highest BCUT2D eigenvalue weighted by molar-refractivity contribution is 7.98. The Bertz CT molecular complexity index is 191. The van der Waals surface area contributed by atoms with Gasteiger partial charge in [0.2, 0.25) is 5.91 Å². The van der Waals surface area contributed by atoms with E-state index in [4.69, 9.17) is 0 Å². The number of carbonyl (C=O) groups excluding carboxylic acids is 1. The highest BCUT2D eigenvalue weighted by Crippen LogP contribution is 2.06. The zero-order chi connectivity index (χ0) is 11.1. The summed E-state index contributed by atoms with van der Waals surface area (Å²) in [6.45, 7) is 7.33. The van der Waals surface area contributed by atoms with Crippen molar-refractivity contribution < 1.29 is 4.79 Å². The lowest BCUT2D eigenvalue weighted by molar-refractivity contribution is -0.132. The predicted octanol–water partition coefficient (Wildman–Crippen LogP) is 1.29. The summed E-state index contributed by atoms with van der Waals surface area (Å²) < 4.78 is 0. The summed E-state index contributed by atoms with van der Waals surface area (Å²) in [6, 6.07) is 0. The van der Waals surface area contributed by atoms with Crippen molar-refractivity contribution in [3.63, 3.8) is 0 Å². The van der Waals surface area contributed by atoms with Crippen LogP contribution < -0.4 is 0 Å². The van der Waals surface area contributed by atoms with E-state index in [0.29, 0.717) is 12.3 Å². The molecule has 0 aromatic carbocycles. The molecule has 0 spiro atoms. The van der Waals surface area contributed by atoms with Gasteiger partial charge in [-0.25, -0.2) is 0 Å². The maximum atomic E-state index is 11.7. The van der Waals surface area contributed by atoms with E-state index in [1.165, 1.54) is 13.0 Å². The van der Waals surface area contributed by atoms with Crippen LogP contribution >= 0.6 is 11.8 Å². The largest absolute Gasteiger partial charge is 0.340 e.